The number of benzene rings is 1. The van der Waals surface area contributed by atoms with E-state index in [2.05, 4.69) is 42.4 Å². The highest BCUT2D eigenvalue weighted by molar-refractivity contribution is 6.43. The van der Waals surface area contributed by atoms with Gasteiger partial charge in [-0.3, -0.25) is 44.6 Å². The summed E-state index contributed by atoms with van der Waals surface area (Å²) in [6.45, 7) is 4.21. The van der Waals surface area contributed by atoms with Crippen molar-refractivity contribution in [1.29, 1.82) is 0 Å². The van der Waals surface area contributed by atoms with E-state index in [-0.39, 0.29) is 43.5 Å². The van der Waals surface area contributed by atoms with E-state index in [0.29, 0.717) is 75.8 Å². The summed E-state index contributed by atoms with van der Waals surface area (Å²) in [5, 5.41) is 42.1. The van der Waals surface area contributed by atoms with Crippen LogP contribution >= 0.6 is 0 Å². The normalized spacial score (nSPS) is 17.9. The molecule has 0 spiro atoms. The molecule has 21 heteroatoms. The van der Waals surface area contributed by atoms with Gasteiger partial charge in [0, 0.05) is 44.5 Å². The predicted octanol–water partition coefficient (Wildman–Crippen LogP) is -1.72. The predicted molar refractivity (Wildman–Crippen MR) is 210 cm³/mol. The van der Waals surface area contributed by atoms with Gasteiger partial charge in [0.2, 0.25) is 29.5 Å². The number of carboxylic acids is 1. The first kappa shape index (κ1) is 46.1. The molecule has 6 atom stereocenters. The number of nitrogens with one attached hydrogen (secondary N) is 7. The van der Waals surface area contributed by atoms with Crippen LogP contribution in [0.5, 0.6) is 0 Å². The van der Waals surface area contributed by atoms with E-state index in [4.69, 9.17) is 5.73 Å². The number of amides is 6. The first-order chi connectivity index (χ1) is 27.2. The lowest BCUT2D eigenvalue weighted by molar-refractivity contribution is -0.142. The van der Waals surface area contributed by atoms with Gasteiger partial charge in [0.15, 0.2) is 0 Å². The Morgan fingerprint density at radius 2 is 1.60 bits per heavy atom. The van der Waals surface area contributed by atoms with E-state index in [1.807, 2.05) is 0 Å². The molecular weight excluding hydrogens is 743 g/mol. The van der Waals surface area contributed by atoms with Crippen LogP contribution in [0.15, 0.2) is 29.3 Å². The van der Waals surface area contributed by atoms with Gasteiger partial charge in [0.05, 0.1) is 30.1 Å². The Kier molecular flexibility index (Phi) is 19.2. The zero-order valence-electron chi connectivity index (χ0n) is 32.5. The van der Waals surface area contributed by atoms with Crippen molar-refractivity contribution in [3.8, 4) is 0 Å². The first-order valence-corrected chi connectivity index (χ1v) is 19.4. The minimum absolute atomic E-state index is 0.121. The number of anilines is 1. The molecule has 1 saturated heterocycles. The third kappa shape index (κ3) is 16.0. The topological polar surface area (TPSA) is 306 Å². The first-order valence-electron chi connectivity index (χ1n) is 19.4. The number of carbonyl (C=O) groups excluding carboxylic acids is 6. The minimum Gasteiger partial charge on any atom is -0.480 e. The maximum absolute atomic E-state index is 13.0. The van der Waals surface area contributed by atoms with E-state index in [1.165, 1.54) is 37.2 Å². The second kappa shape index (κ2) is 23.7. The summed E-state index contributed by atoms with van der Waals surface area (Å²) in [7, 11) is -1.64. The molecule has 3 rings (SSSR count). The van der Waals surface area contributed by atoms with Crippen molar-refractivity contribution >= 4 is 60.6 Å². The number of nitrogens with two attached hydrogens (primary N) is 1. The van der Waals surface area contributed by atoms with Crippen LogP contribution < -0.4 is 43.2 Å². The van der Waals surface area contributed by atoms with Gasteiger partial charge in [-0.2, -0.15) is 0 Å². The van der Waals surface area contributed by atoms with E-state index in [0.717, 1.165) is 0 Å². The molecule has 314 valence electrons. The van der Waals surface area contributed by atoms with Gasteiger partial charge in [-0.25, -0.2) is 4.79 Å². The molecule has 0 aromatic heterocycles. The fraction of sp³-hybridized carbons (Fsp3) is 0.611. The Labute approximate surface area is 332 Å². The van der Waals surface area contributed by atoms with Crippen molar-refractivity contribution in [2.45, 2.75) is 121 Å². The summed E-state index contributed by atoms with van der Waals surface area (Å²) in [5.41, 5.74) is 11.8. The maximum Gasteiger partial charge on any atom is 0.475 e. The molecule has 2 aliphatic heterocycles. The summed E-state index contributed by atoms with van der Waals surface area (Å²) in [5.74, 6) is -4.40. The second-order valence-electron chi connectivity index (χ2n) is 14.3. The third-order valence-electron chi connectivity index (χ3n) is 9.59. The standard InChI is InChI=1S/C36H57BN10O10/c1-22(38)32(50)44-28(19-26-20-39-21-41-26)34(52)43-27(36(54)55)9-6-7-17-40-30(48)11-4-3-5-12-31(49)46-45-25-15-13-24(14-16-25)33(51)42-23(2)35(53)47-18-8-10-29(47)37(56)57/h13-16,21-23,26-29,45,56-57H,3-12,17-20,38H2,1-2H3,(H,39,41)(H,40,48)(H,42,51)(H,43,52)(H,44,50)(H,46,49)(H,54,55)/t22-,23+,26?,27-,28?,29-/m0/s1. The van der Waals surface area contributed by atoms with Gasteiger partial charge in [0.25, 0.3) is 5.91 Å². The number of rotatable bonds is 24. The van der Waals surface area contributed by atoms with Crippen LogP contribution in [-0.4, -0.2) is 131 Å². The quantitative estimate of drug-likeness (QED) is 0.0316. The van der Waals surface area contributed by atoms with Crippen molar-refractivity contribution in [1.82, 2.24) is 36.9 Å². The van der Waals surface area contributed by atoms with Gasteiger partial charge in [-0.05, 0) is 83.1 Å². The summed E-state index contributed by atoms with van der Waals surface area (Å²) in [4.78, 5) is 92.6. The van der Waals surface area contributed by atoms with Gasteiger partial charge < -0.3 is 52.4 Å². The molecule has 20 nitrogen and oxygen atoms in total. The summed E-state index contributed by atoms with van der Waals surface area (Å²) < 4.78 is 0. The lowest BCUT2D eigenvalue weighted by Crippen LogP contribution is -2.55. The van der Waals surface area contributed by atoms with Crippen LogP contribution in [-0.2, 0) is 28.8 Å². The Hall–Kier alpha value is -5.28. The summed E-state index contributed by atoms with van der Waals surface area (Å²) in [6.07, 6.45) is 6.07. The van der Waals surface area contributed by atoms with Crippen LogP contribution in [0.4, 0.5) is 5.69 Å². The van der Waals surface area contributed by atoms with Crippen LogP contribution in [0, 0.1) is 0 Å². The highest BCUT2D eigenvalue weighted by Gasteiger charge is 2.38. The Balaban J connectivity index is 1.25. The smallest absolute Gasteiger partial charge is 0.475 e. The fourth-order valence-corrected chi connectivity index (χ4v) is 6.29. The Morgan fingerprint density at radius 1 is 0.912 bits per heavy atom. The van der Waals surface area contributed by atoms with Crippen LogP contribution in [0.1, 0.15) is 94.8 Å². The molecule has 0 aliphatic carbocycles. The van der Waals surface area contributed by atoms with E-state index in [9.17, 15) is 48.7 Å². The highest BCUT2D eigenvalue weighted by atomic mass is 16.4. The number of hydrogen-bond donors (Lipinski definition) is 11. The lowest BCUT2D eigenvalue weighted by atomic mass is 9.78. The highest BCUT2D eigenvalue weighted by Crippen LogP contribution is 2.19. The number of carbonyl (C=O) groups is 7. The largest absolute Gasteiger partial charge is 0.480 e. The molecule has 0 radical (unpaired) electrons. The fourth-order valence-electron chi connectivity index (χ4n) is 6.29. The number of hydrazine groups is 1. The third-order valence-corrected chi connectivity index (χ3v) is 9.59. The molecule has 6 amide bonds. The van der Waals surface area contributed by atoms with Crippen molar-refractivity contribution in [3.05, 3.63) is 29.8 Å². The van der Waals surface area contributed by atoms with Crippen LogP contribution in [0.3, 0.4) is 0 Å². The average Bonchev–Trinajstić information content (AvgIpc) is 3.89. The molecule has 1 aromatic carbocycles. The maximum atomic E-state index is 13.0. The van der Waals surface area contributed by atoms with E-state index >= 15 is 0 Å². The Morgan fingerprint density at radius 3 is 2.23 bits per heavy atom. The zero-order chi connectivity index (χ0) is 41.9. The molecule has 12 N–H and O–H groups in total. The molecular formula is C36H57BN10O10. The van der Waals surface area contributed by atoms with E-state index < -0.39 is 66.8 Å². The number of hydrogen-bond acceptors (Lipinski definition) is 13. The molecule has 57 heavy (non-hydrogen) atoms. The molecule has 2 unspecified atom stereocenters. The molecule has 0 saturated carbocycles. The van der Waals surface area contributed by atoms with Crippen molar-refractivity contribution < 1.29 is 48.7 Å². The zero-order valence-corrected chi connectivity index (χ0v) is 32.5. The molecule has 1 fully saturated rings. The van der Waals surface area contributed by atoms with Crippen molar-refractivity contribution in [3.63, 3.8) is 0 Å². The molecule has 0 bridgehead atoms. The second-order valence-corrected chi connectivity index (χ2v) is 14.3. The minimum atomic E-state index is -1.64. The van der Waals surface area contributed by atoms with Crippen LogP contribution in [0.2, 0.25) is 0 Å². The number of likely N-dealkylation sites (tertiary alicyclic amines) is 1. The van der Waals surface area contributed by atoms with E-state index in [1.54, 1.807) is 12.1 Å². The average molecular weight is 801 g/mol. The van der Waals surface area contributed by atoms with Crippen molar-refractivity contribution in [2.75, 3.05) is 25.1 Å². The van der Waals surface area contributed by atoms with Crippen LogP contribution in [0.25, 0.3) is 0 Å². The van der Waals surface area contributed by atoms with Gasteiger partial charge in [-0.1, -0.05) is 6.42 Å². The lowest BCUT2D eigenvalue weighted by Gasteiger charge is -2.27. The number of unbranched alkanes of at least 4 members (excludes halogenated alkanes) is 3. The number of carboxylic acid groups (broad SMARTS) is 1. The molecule has 2 aliphatic rings. The van der Waals surface area contributed by atoms with Gasteiger partial charge >= 0.3 is 13.1 Å². The number of aliphatic carboxylic acids is 1. The number of nitrogens with zero attached hydrogens (tertiary/aromatic N) is 2. The SMILES string of the molecule is C[C@H](N)C(=O)NC(CC1CNC=N1)C(=O)N[C@@H](CCCCNC(=O)CCCCCC(=O)NNc1ccc(C(=O)N[C@H](C)C(=O)N2CCC[C@H]2B(O)O)cc1)C(=O)O. The van der Waals surface area contributed by atoms with Crippen molar-refractivity contribution in [2.24, 2.45) is 10.7 Å². The molecule has 2 heterocycles. The Bertz CT molecular complexity index is 1560. The number of aliphatic imine (C=N–C) groups is 1. The summed E-state index contributed by atoms with van der Waals surface area (Å²) >= 11 is 0. The monoisotopic (exact) mass is 800 g/mol. The van der Waals surface area contributed by atoms with Gasteiger partial charge in [0.1, 0.15) is 18.1 Å². The van der Waals surface area contributed by atoms with Gasteiger partial charge in [-0.15, -0.1) is 0 Å². The molecule has 1 aromatic rings. The summed E-state index contributed by atoms with van der Waals surface area (Å²) in [6, 6.07) is 2.07.